The lowest BCUT2D eigenvalue weighted by molar-refractivity contribution is 0.0488. The van der Waals surface area contributed by atoms with Crippen molar-refractivity contribution in [2.24, 2.45) is 0 Å². The number of β-amino-alcohol motifs (C(OH)–C–C–N with tert-alkyl or cyclic N) is 1. The predicted octanol–water partition coefficient (Wildman–Crippen LogP) is 3.36. The Morgan fingerprint density at radius 2 is 1.88 bits per heavy atom. The molecule has 1 heterocycles. The quantitative estimate of drug-likeness (QED) is 0.855. The third-order valence-corrected chi connectivity index (χ3v) is 4.84. The van der Waals surface area contributed by atoms with Crippen LogP contribution in [0.3, 0.4) is 0 Å². The number of rotatable bonds is 5. The van der Waals surface area contributed by atoms with Gasteiger partial charge >= 0.3 is 5.97 Å². The van der Waals surface area contributed by atoms with E-state index < -0.39 is 11.6 Å². The third-order valence-electron chi connectivity index (χ3n) is 4.53. The van der Waals surface area contributed by atoms with Gasteiger partial charge in [0.2, 0.25) is 0 Å². The Kier molecular flexibility index (Phi) is 5.08. The van der Waals surface area contributed by atoms with Crippen molar-refractivity contribution in [3.05, 3.63) is 70.0 Å². The van der Waals surface area contributed by atoms with Crippen molar-refractivity contribution in [2.45, 2.75) is 25.0 Å². The number of aliphatic hydroxyl groups is 1. The summed E-state index contributed by atoms with van der Waals surface area (Å²) in [6.45, 7) is 1.82. The van der Waals surface area contributed by atoms with Crippen LogP contribution in [0.15, 0.2) is 42.5 Å². The molecule has 0 saturated carbocycles. The summed E-state index contributed by atoms with van der Waals surface area (Å²) in [7, 11) is 0. The van der Waals surface area contributed by atoms with Crippen molar-refractivity contribution in [3.8, 4) is 0 Å². The van der Waals surface area contributed by atoms with Gasteiger partial charge in [0.15, 0.2) is 0 Å². The normalized spacial score (nSPS) is 20.8. The Balaban J connectivity index is 1.63. The maximum Gasteiger partial charge on any atom is 0.337 e. The second kappa shape index (κ2) is 7.12. The van der Waals surface area contributed by atoms with Crippen molar-refractivity contribution < 1.29 is 19.4 Å². The van der Waals surface area contributed by atoms with Crippen LogP contribution in [0.4, 0.5) is 4.39 Å². The summed E-state index contributed by atoms with van der Waals surface area (Å²) in [6, 6.07) is 11.1. The van der Waals surface area contributed by atoms with Crippen LogP contribution in [0.2, 0.25) is 5.02 Å². The van der Waals surface area contributed by atoms with Crippen LogP contribution < -0.4 is 0 Å². The van der Waals surface area contributed by atoms with E-state index in [4.69, 9.17) is 16.7 Å². The van der Waals surface area contributed by atoms with Gasteiger partial charge in [0, 0.05) is 26.1 Å². The molecule has 0 unspecified atom stereocenters. The molecule has 2 aromatic rings. The lowest BCUT2D eigenvalue weighted by Crippen LogP contribution is -2.35. The second-order valence-corrected chi connectivity index (χ2v) is 7.01. The zero-order chi connectivity index (χ0) is 18.0. The molecule has 1 atom stereocenters. The molecule has 1 saturated heterocycles. The largest absolute Gasteiger partial charge is 0.478 e. The van der Waals surface area contributed by atoms with Crippen LogP contribution >= 0.6 is 11.6 Å². The van der Waals surface area contributed by atoms with E-state index in [1.165, 1.54) is 18.2 Å². The Hall–Kier alpha value is -1.95. The molecule has 0 bridgehead atoms. The van der Waals surface area contributed by atoms with Gasteiger partial charge in [0.05, 0.1) is 16.2 Å². The Morgan fingerprint density at radius 1 is 1.20 bits per heavy atom. The molecule has 0 aliphatic carbocycles. The van der Waals surface area contributed by atoms with Crippen LogP contribution in [-0.2, 0) is 13.0 Å². The van der Waals surface area contributed by atoms with Crippen LogP contribution in [-0.4, -0.2) is 39.8 Å². The van der Waals surface area contributed by atoms with E-state index in [9.17, 15) is 14.3 Å². The number of nitrogens with zero attached hydrogens (tertiary/aromatic N) is 1. The highest BCUT2D eigenvalue weighted by Gasteiger charge is 2.36. The first-order valence-electron chi connectivity index (χ1n) is 8.06. The zero-order valence-corrected chi connectivity index (χ0v) is 14.3. The summed E-state index contributed by atoms with van der Waals surface area (Å²) in [6.07, 6.45) is 1.10. The van der Waals surface area contributed by atoms with Crippen LogP contribution in [0.25, 0.3) is 0 Å². The van der Waals surface area contributed by atoms with Crippen molar-refractivity contribution in [1.82, 2.24) is 4.90 Å². The molecule has 25 heavy (non-hydrogen) atoms. The lowest BCUT2D eigenvalue weighted by atomic mass is 9.94. The molecule has 3 rings (SSSR count). The van der Waals surface area contributed by atoms with Crippen LogP contribution in [0.5, 0.6) is 0 Å². The molecule has 2 N–H and O–H groups in total. The first-order chi connectivity index (χ1) is 11.8. The number of carboxylic acids is 1. The fourth-order valence-corrected chi connectivity index (χ4v) is 3.57. The van der Waals surface area contributed by atoms with Gasteiger partial charge in [-0.15, -0.1) is 0 Å². The van der Waals surface area contributed by atoms with E-state index in [2.05, 4.69) is 4.90 Å². The summed E-state index contributed by atoms with van der Waals surface area (Å²) in [5.41, 5.74) is 1.04. The van der Waals surface area contributed by atoms with Gasteiger partial charge in [-0.3, -0.25) is 4.90 Å². The number of hydrogen-bond acceptors (Lipinski definition) is 3. The molecule has 1 aliphatic heterocycles. The van der Waals surface area contributed by atoms with E-state index in [-0.39, 0.29) is 16.4 Å². The SMILES string of the molecule is O=C(O)c1ccc(CN2CC[C@@](O)(Cc3ccc(F)cc3)C2)cc1Cl. The Morgan fingerprint density at radius 3 is 2.52 bits per heavy atom. The maximum absolute atomic E-state index is 13.0. The molecular formula is C19H19ClFNO3. The van der Waals surface area contributed by atoms with E-state index in [1.54, 1.807) is 24.3 Å². The molecule has 0 radical (unpaired) electrons. The summed E-state index contributed by atoms with van der Waals surface area (Å²) in [5.74, 6) is -1.34. The molecule has 1 fully saturated rings. The molecule has 1 aliphatic rings. The number of halogens is 2. The summed E-state index contributed by atoms with van der Waals surface area (Å²) in [5, 5.41) is 20.0. The minimum atomic E-state index is -1.05. The highest BCUT2D eigenvalue weighted by atomic mass is 35.5. The molecule has 2 aromatic carbocycles. The standard InChI is InChI=1S/C19H19ClFNO3/c20-17-9-14(3-6-16(17)18(23)24)11-22-8-7-19(25,12-22)10-13-1-4-15(21)5-2-13/h1-6,9,25H,7-8,10-12H2,(H,23,24)/t19-/m1/s1. The smallest absolute Gasteiger partial charge is 0.337 e. The topological polar surface area (TPSA) is 60.8 Å². The molecule has 6 heteroatoms. The van der Waals surface area contributed by atoms with Crippen molar-refractivity contribution in [3.63, 3.8) is 0 Å². The molecule has 0 aromatic heterocycles. The van der Waals surface area contributed by atoms with Crippen LogP contribution in [0, 0.1) is 5.82 Å². The number of benzene rings is 2. The van der Waals surface area contributed by atoms with E-state index in [0.29, 0.717) is 25.9 Å². The van der Waals surface area contributed by atoms with Crippen molar-refractivity contribution in [1.29, 1.82) is 0 Å². The van der Waals surface area contributed by atoms with Gasteiger partial charge in [0.25, 0.3) is 0 Å². The molecule has 4 nitrogen and oxygen atoms in total. The Bertz CT molecular complexity index is 781. The van der Waals surface area contributed by atoms with Gasteiger partial charge in [-0.1, -0.05) is 29.8 Å². The van der Waals surface area contributed by atoms with E-state index in [0.717, 1.165) is 17.7 Å². The van der Waals surface area contributed by atoms with E-state index >= 15 is 0 Å². The van der Waals surface area contributed by atoms with Gasteiger partial charge < -0.3 is 10.2 Å². The first kappa shape index (κ1) is 17.9. The maximum atomic E-state index is 13.0. The lowest BCUT2D eigenvalue weighted by Gasteiger charge is -2.24. The van der Waals surface area contributed by atoms with Gasteiger partial charge in [0.1, 0.15) is 5.82 Å². The number of hydrogen-bond donors (Lipinski definition) is 2. The summed E-state index contributed by atoms with van der Waals surface area (Å²) >= 11 is 6.01. The summed E-state index contributed by atoms with van der Waals surface area (Å²) < 4.78 is 13.0. The first-order valence-corrected chi connectivity index (χ1v) is 8.43. The fourth-order valence-electron chi connectivity index (χ4n) is 3.29. The number of aromatic carboxylic acids is 1. The minimum Gasteiger partial charge on any atom is -0.478 e. The van der Waals surface area contributed by atoms with E-state index in [1.807, 2.05) is 0 Å². The fraction of sp³-hybridized carbons (Fsp3) is 0.316. The third kappa shape index (κ3) is 4.37. The average Bonchev–Trinajstić information content (AvgIpc) is 2.90. The van der Waals surface area contributed by atoms with Gasteiger partial charge in [-0.2, -0.15) is 0 Å². The highest BCUT2D eigenvalue weighted by Crippen LogP contribution is 2.28. The van der Waals surface area contributed by atoms with Gasteiger partial charge in [-0.05, 0) is 41.8 Å². The molecule has 132 valence electrons. The average molecular weight is 364 g/mol. The minimum absolute atomic E-state index is 0.0830. The number of carbonyl (C=O) groups is 1. The zero-order valence-electron chi connectivity index (χ0n) is 13.6. The molecular weight excluding hydrogens is 345 g/mol. The number of carboxylic acid groups (broad SMARTS) is 1. The van der Waals surface area contributed by atoms with Crippen LogP contribution in [0.1, 0.15) is 27.9 Å². The Labute approximate surface area is 150 Å². The van der Waals surface area contributed by atoms with Crippen molar-refractivity contribution >= 4 is 17.6 Å². The highest BCUT2D eigenvalue weighted by molar-refractivity contribution is 6.33. The monoisotopic (exact) mass is 363 g/mol. The predicted molar refractivity (Wildman–Crippen MR) is 93.4 cm³/mol. The second-order valence-electron chi connectivity index (χ2n) is 6.61. The number of likely N-dealkylation sites (tertiary alicyclic amines) is 1. The molecule has 0 amide bonds. The van der Waals surface area contributed by atoms with Crippen molar-refractivity contribution in [2.75, 3.05) is 13.1 Å². The van der Waals surface area contributed by atoms with Gasteiger partial charge in [-0.25, -0.2) is 9.18 Å². The molecule has 0 spiro atoms. The summed E-state index contributed by atoms with van der Waals surface area (Å²) in [4.78, 5) is 13.1.